The van der Waals surface area contributed by atoms with Gasteiger partial charge in [-0.1, -0.05) is 24.3 Å². The summed E-state index contributed by atoms with van der Waals surface area (Å²) in [6.45, 7) is 1.46. The van der Waals surface area contributed by atoms with Crippen LogP contribution >= 0.6 is 0 Å². The molecule has 0 bridgehead atoms. The van der Waals surface area contributed by atoms with Crippen LogP contribution in [-0.4, -0.2) is 35.0 Å². The van der Waals surface area contributed by atoms with Gasteiger partial charge in [0.05, 0.1) is 6.54 Å². The third-order valence-corrected chi connectivity index (χ3v) is 3.47. The van der Waals surface area contributed by atoms with Crippen LogP contribution in [0.3, 0.4) is 0 Å². The zero-order valence-corrected chi connectivity index (χ0v) is 12.2. The third-order valence-electron chi connectivity index (χ3n) is 3.47. The number of nitrogens with zero attached hydrogens (tertiary/aromatic N) is 7. The Morgan fingerprint density at radius 1 is 1.00 bits per heavy atom. The molecule has 0 fully saturated rings. The van der Waals surface area contributed by atoms with Gasteiger partial charge >= 0.3 is 0 Å². The lowest BCUT2D eigenvalue weighted by atomic mass is 10.1. The van der Waals surface area contributed by atoms with Crippen LogP contribution in [0.1, 0.15) is 11.1 Å². The van der Waals surface area contributed by atoms with Crippen LogP contribution in [0.15, 0.2) is 54.9 Å². The summed E-state index contributed by atoms with van der Waals surface area (Å²) >= 11 is 0. The minimum absolute atomic E-state index is 0.624. The molecule has 0 unspecified atom stereocenters. The first kappa shape index (κ1) is 13.4. The van der Waals surface area contributed by atoms with Gasteiger partial charge in [-0.25, -0.2) is 0 Å². The number of fused-ring (bicyclic) bond motifs is 1. The molecule has 0 aliphatic carbocycles. The van der Waals surface area contributed by atoms with Crippen molar-refractivity contribution in [3.63, 3.8) is 0 Å². The highest BCUT2D eigenvalue weighted by atomic mass is 15.6. The lowest BCUT2D eigenvalue weighted by Gasteiger charge is -2.07. The van der Waals surface area contributed by atoms with Crippen molar-refractivity contribution in [1.29, 1.82) is 0 Å². The summed E-state index contributed by atoms with van der Waals surface area (Å²) in [6, 6.07) is 14.0. The molecule has 0 atom stereocenters. The molecule has 0 aliphatic rings. The molecule has 8 heteroatoms. The van der Waals surface area contributed by atoms with E-state index in [2.05, 4.69) is 55.3 Å². The topological polar surface area (TPSA) is 85.8 Å². The molecule has 3 aromatic heterocycles. The van der Waals surface area contributed by atoms with Crippen molar-refractivity contribution in [1.82, 2.24) is 35.0 Å². The van der Waals surface area contributed by atoms with Crippen molar-refractivity contribution in [3.05, 3.63) is 66.0 Å². The number of anilines is 1. The van der Waals surface area contributed by atoms with Gasteiger partial charge in [-0.15, -0.1) is 14.8 Å². The first-order chi connectivity index (χ1) is 11.4. The van der Waals surface area contributed by atoms with Crippen LogP contribution in [0, 0.1) is 0 Å². The Balaban J connectivity index is 1.40. The van der Waals surface area contributed by atoms with Crippen LogP contribution in [0.4, 0.5) is 5.82 Å². The van der Waals surface area contributed by atoms with E-state index in [0.717, 1.165) is 12.4 Å². The first-order valence-corrected chi connectivity index (χ1v) is 7.21. The Hall–Kier alpha value is -3.29. The molecule has 4 rings (SSSR count). The van der Waals surface area contributed by atoms with Gasteiger partial charge in [0.2, 0.25) is 0 Å². The molecular weight excluding hydrogens is 292 g/mol. The van der Waals surface area contributed by atoms with E-state index in [0.29, 0.717) is 12.2 Å². The molecule has 0 aliphatic heterocycles. The monoisotopic (exact) mass is 306 g/mol. The zero-order chi connectivity index (χ0) is 15.5. The third kappa shape index (κ3) is 3.00. The highest BCUT2D eigenvalue weighted by Gasteiger charge is 2.01. The average Bonchev–Trinajstić information content (AvgIpc) is 3.25. The van der Waals surface area contributed by atoms with E-state index in [9.17, 15) is 0 Å². The number of rotatable bonds is 5. The van der Waals surface area contributed by atoms with Crippen LogP contribution in [0.25, 0.3) is 5.65 Å². The maximum Gasteiger partial charge on any atom is 0.200 e. The van der Waals surface area contributed by atoms with Crippen molar-refractivity contribution in [3.8, 4) is 0 Å². The molecular formula is C15H14N8. The van der Waals surface area contributed by atoms with Gasteiger partial charge in [-0.3, -0.25) is 4.68 Å². The van der Waals surface area contributed by atoms with Gasteiger partial charge in [0.25, 0.3) is 0 Å². The van der Waals surface area contributed by atoms with E-state index < -0.39 is 0 Å². The van der Waals surface area contributed by atoms with E-state index in [-0.39, 0.29) is 0 Å². The molecule has 1 aromatic carbocycles. The molecule has 1 N–H and O–H groups in total. The van der Waals surface area contributed by atoms with Crippen molar-refractivity contribution in [2.75, 3.05) is 5.32 Å². The van der Waals surface area contributed by atoms with E-state index in [4.69, 9.17) is 0 Å². The maximum atomic E-state index is 4.28. The number of hydrogen-bond donors (Lipinski definition) is 1. The second kappa shape index (κ2) is 5.84. The van der Waals surface area contributed by atoms with E-state index >= 15 is 0 Å². The van der Waals surface area contributed by atoms with Crippen LogP contribution < -0.4 is 5.32 Å². The van der Waals surface area contributed by atoms with Crippen molar-refractivity contribution in [2.24, 2.45) is 0 Å². The Bertz CT molecular complexity index is 895. The second-order valence-corrected chi connectivity index (χ2v) is 5.12. The highest BCUT2D eigenvalue weighted by molar-refractivity contribution is 5.42. The van der Waals surface area contributed by atoms with E-state index in [1.807, 2.05) is 29.1 Å². The van der Waals surface area contributed by atoms with Crippen LogP contribution in [0.5, 0.6) is 0 Å². The second-order valence-electron chi connectivity index (χ2n) is 5.12. The lowest BCUT2D eigenvalue weighted by Crippen LogP contribution is -2.05. The summed E-state index contributed by atoms with van der Waals surface area (Å²) in [4.78, 5) is 0. The lowest BCUT2D eigenvalue weighted by molar-refractivity contribution is 0.686. The largest absolute Gasteiger partial charge is 0.365 e. The summed E-state index contributed by atoms with van der Waals surface area (Å²) in [5.74, 6) is 0.727. The highest BCUT2D eigenvalue weighted by Crippen LogP contribution is 2.09. The molecule has 0 amide bonds. The summed E-state index contributed by atoms with van der Waals surface area (Å²) in [6.07, 6.45) is 3.74. The van der Waals surface area contributed by atoms with Gasteiger partial charge < -0.3 is 5.32 Å². The fourth-order valence-electron chi connectivity index (χ4n) is 2.28. The fourth-order valence-corrected chi connectivity index (χ4v) is 2.28. The van der Waals surface area contributed by atoms with Gasteiger partial charge in [-0.05, 0) is 39.8 Å². The summed E-state index contributed by atoms with van der Waals surface area (Å²) in [5, 5.41) is 22.9. The number of benzene rings is 1. The smallest absolute Gasteiger partial charge is 0.200 e. The molecule has 114 valence electrons. The number of tetrazole rings is 1. The Morgan fingerprint density at radius 2 is 1.87 bits per heavy atom. The molecule has 0 radical (unpaired) electrons. The van der Waals surface area contributed by atoms with E-state index in [1.165, 1.54) is 15.8 Å². The SMILES string of the molecule is c1cnn(Cc2ccc(CNc3ccc4nnnn4n3)cc2)c1. The minimum Gasteiger partial charge on any atom is -0.365 e. The molecule has 4 aromatic rings. The number of nitrogens with one attached hydrogen (secondary N) is 1. The molecule has 8 nitrogen and oxygen atoms in total. The van der Waals surface area contributed by atoms with Crippen LogP contribution in [-0.2, 0) is 13.1 Å². The van der Waals surface area contributed by atoms with Crippen molar-refractivity contribution < 1.29 is 0 Å². The minimum atomic E-state index is 0.624. The predicted octanol–water partition coefficient (Wildman–Crippen LogP) is 1.38. The molecule has 0 saturated carbocycles. The van der Waals surface area contributed by atoms with E-state index in [1.54, 1.807) is 6.20 Å². The first-order valence-electron chi connectivity index (χ1n) is 7.21. The van der Waals surface area contributed by atoms with Gasteiger partial charge in [-0.2, -0.15) is 5.10 Å². The zero-order valence-electron chi connectivity index (χ0n) is 12.2. The number of hydrogen-bond acceptors (Lipinski definition) is 6. The van der Waals surface area contributed by atoms with Gasteiger partial charge in [0, 0.05) is 18.9 Å². The van der Waals surface area contributed by atoms with Crippen molar-refractivity contribution in [2.45, 2.75) is 13.1 Å². The summed E-state index contributed by atoms with van der Waals surface area (Å²) < 4.78 is 3.30. The van der Waals surface area contributed by atoms with Crippen molar-refractivity contribution >= 4 is 11.5 Å². The maximum absolute atomic E-state index is 4.28. The Labute approximate surface area is 131 Å². The summed E-state index contributed by atoms with van der Waals surface area (Å²) in [7, 11) is 0. The molecule has 0 spiro atoms. The standard InChI is InChI=1S/C15H14N8/c1-8-17-22(9-1)11-13-4-2-12(3-5-13)10-16-14-6-7-15-18-20-21-23(15)19-14/h1-9H,10-11H2,(H,16,19). The normalized spacial score (nSPS) is 11.0. The average molecular weight is 306 g/mol. The van der Waals surface area contributed by atoms with Crippen LogP contribution in [0.2, 0.25) is 0 Å². The predicted molar refractivity (Wildman–Crippen MR) is 83.7 cm³/mol. The number of aromatic nitrogens is 7. The fraction of sp³-hybridized carbons (Fsp3) is 0.133. The quantitative estimate of drug-likeness (QED) is 0.599. The molecule has 3 heterocycles. The molecule has 0 saturated heterocycles. The van der Waals surface area contributed by atoms with Gasteiger partial charge in [0.1, 0.15) is 5.82 Å². The Morgan fingerprint density at radius 3 is 2.70 bits per heavy atom. The van der Waals surface area contributed by atoms with Gasteiger partial charge in [0.15, 0.2) is 5.65 Å². The Kier molecular flexibility index (Phi) is 3.39. The molecule has 23 heavy (non-hydrogen) atoms. The summed E-state index contributed by atoms with van der Waals surface area (Å²) in [5.41, 5.74) is 3.01.